The summed E-state index contributed by atoms with van der Waals surface area (Å²) in [5.41, 5.74) is 1.83. The molecule has 0 saturated carbocycles. The quantitative estimate of drug-likeness (QED) is 0.862. The fraction of sp³-hybridized carbons (Fsp3) is 0.200. The largest absolute Gasteiger partial charge is 0.320 e. The molecule has 0 saturated heterocycles. The zero-order chi connectivity index (χ0) is 14.5. The molecule has 0 bridgehead atoms. The Morgan fingerprint density at radius 1 is 1.15 bits per heavy atom. The van der Waals surface area contributed by atoms with Gasteiger partial charge in [-0.2, -0.15) is 4.57 Å². The molecular formula is C15H15Cl2N2O+. The number of rotatable bonds is 4. The van der Waals surface area contributed by atoms with E-state index in [2.05, 4.69) is 12.2 Å². The number of hydrogen-bond acceptors (Lipinski definition) is 1. The molecule has 2 aromatic rings. The summed E-state index contributed by atoms with van der Waals surface area (Å²) >= 11 is 11.8. The number of carbonyl (C=O) groups is 1. The standard InChI is InChI=1S/C15H14Cl2N2O/c1-2-11-3-5-19(6-4-11)10-15(20)18-14-8-12(16)7-13(17)9-14/h3-9H,2,10H2,1H3/p+1. The normalized spacial score (nSPS) is 10.3. The molecule has 0 aliphatic rings. The van der Waals surface area contributed by atoms with Crippen LogP contribution in [0.25, 0.3) is 0 Å². The second-order valence-electron chi connectivity index (χ2n) is 4.44. The van der Waals surface area contributed by atoms with Crippen LogP contribution in [0, 0.1) is 0 Å². The fourth-order valence-electron chi connectivity index (χ4n) is 1.82. The number of carbonyl (C=O) groups excluding carboxylic acids is 1. The Labute approximate surface area is 128 Å². The molecule has 1 heterocycles. The van der Waals surface area contributed by atoms with Gasteiger partial charge in [0.05, 0.1) is 0 Å². The van der Waals surface area contributed by atoms with Crippen molar-refractivity contribution in [2.45, 2.75) is 19.9 Å². The third-order valence-electron chi connectivity index (χ3n) is 2.84. The van der Waals surface area contributed by atoms with E-state index < -0.39 is 0 Å². The summed E-state index contributed by atoms with van der Waals surface area (Å²) in [6.45, 7) is 2.34. The lowest BCUT2D eigenvalue weighted by Crippen LogP contribution is -2.39. The third-order valence-corrected chi connectivity index (χ3v) is 3.28. The van der Waals surface area contributed by atoms with E-state index in [1.807, 2.05) is 29.1 Å². The second-order valence-corrected chi connectivity index (χ2v) is 5.31. The van der Waals surface area contributed by atoms with E-state index in [0.29, 0.717) is 15.7 Å². The number of anilines is 1. The van der Waals surface area contributed by atoms with E-state index in [1.54, 1.807) is 18.2 Å². The molecule has 104 valence electrons. The third kappa shape index (κ3) is 4.22. The smallest absolute Gasteiger partial charge is 0.290 e. The van der Waals surface area contributed by atoms with E-state index in [1.165, 1.54) is 5.56 Å². The van der Waals surface area contributed by atoms with Crippen molar-refractivity contribution in [2.24, 2.45) is 0 Å². The van der Waals surface area contributed by atoms with Crippen molar-refractivity contribution in [1.29, 1.82) is 0 Å². The molecular weight excluding hydrogens is 295 g/mol. The van der Waals surface area contributed by atoms with Crippen molar-refractivity contribution in [3.8, 4) is 0 Å². The van der Waals surface area contributed by atoms with Crippen LogP contribution in [0.4, 0.5) is 5.69 Å². The molecule has 0 unspecified atom stereocenters. The molecule has 5 heteroatoms. The molecule has 20 heavy (non-hydrogen) atoms. The van der Waals surface area contributed by atoms with Gasteiger partial charge in [-0.3, -0.25) is 4.79 Å². The van der Waals surface area contributed by atoms with Gasteiger partial charge in [-0.1, -0.05) is 30.1 Å². The Morgan fingerprint density at radius 3 is 2.30 bits per heavy atom. The van der Waals surface area contributed by atoms with Gasteiger partial charge in [-0.05, 0) is 30.2 Å². The average molecular weight is 310 g/mol. The van der Waals surface area contributed by atoms with Crippen LogP contribution in [-0.4, -0.2) is 5.91 Å². The minimum Gasteiger partial charge on any atom is -0.320 e. The average Bonchev–Trinajstić information content (AvgIpc) is 2.38. The Hall–Kier alpha value is -1.58. The van der Waals surface area contributed by atoms with E-state index in [-0.39, 0.29) is 12.5 Å². The highest BCUT2D eigenvalue weighted by molar-refractivity contribution is 6.35. The first-order valence-corrected chi connectivity index (χ1v) is 7.06. The molecule has 1 aromatic carbocycles. The number of halogens is 2. The molecule has 0 aliphatic carbocycles. The van der Waals surface area contributed by atoms with Crippen molar-refractivity contribution in [1.82, 2.24) is 0 Å². The Bertz CT molecular complexity index is 592. The van der Waals surface area contributed by atoms with Gasteiger partial charge >= 0.3 is 0 Å². The van der Waals surface area contributed by atoms with E-state index in [9.17, 15) is 4.79 Å². The summed E-state index contributed by atoms with van der Waals surface area (Å²) in [6.07, 6.45) is 4.76. The lowest BCUT2D eigenvalue weighted by atomic mass is 10.2. The molecule has 0 fully saturated rings. The minimum absolute atomic E-state index is 0.127. The molecule has 1 amide bonds. The molecule has 0 aliphatic heterocycles. The van der Waals surface area contributed by atoms with Crippen molar-refractivity contribution in [2.75, 3.05) is 5.32 Å². The Balaban J connectivity index is 2.01. The fourth-order valence-corrected chi connectivity index (χ4v) is 2.35. The van der Waals surface area contributed by atoms with Crippen molar-refractivity contribution >= 4 is 34.8 Å². The van der Waals surface area contributed by atoms with Gasteiger partial charge in [0.15, 0.2) is 12.4 Å². The van der Waals surface area contributed by atoms with Crippen LogP contribution < -0.4 is 9.88 Å². The van der Waals surface area contributed by atoms with E-state index >= 15 is 0 Å². The predicted octanol–water partition coefficient (Wildman–Crippen LogP) is 3.48. The van der Waals surface area contributed by atoms with Crippen molar-refractivity contribution in [3.05, 3.63) is 58.3 Å². The van der Waals surface area contributed by atoms with Crippen LogP contribution >= 0.6 is 23.2 Å². The summed E-state index contributed by atoms with van der Waals surface area (Å²) < 4.78 is 1.82. The maximum Gasteiger partial charge on any atom is 0.290 e. The second kappa shape index (κ2) is 6.73. The maximum atomic E-state index is 11.9. The molecule has 2 rings (SSSR count). The van der Waals surface area contributed by atoms with Crippen LogP contribution in [-0.2, 0) is 17.8 Å². The van der Waals surface area contributed by atoms with Gasteiger partial charge in [-0.15, -0.1) is 0 Å². The Kier molecular flexibility index (Phi) is 4.99. The van der Waals surface area contributed by atoms with Crippen molar-refractivity contribution < 1.29 is 9.36 Å². The van der Waals surface area contributed by atoms with Crippen LogP contribution in [0.1, 0.15) is 12.5 Å². The predicted molar refractivity (Wildman–Crippen MR) is 81.1 cm³/mol. The van der Waals surface area contributed by atoms with E-state index in [4.69, 9.17) is 23.2 Å². The summed E-state index contributed by atoms with van der Waals surface area (Å²) in [7, 11) is 0. The molecule has 1 N–H and O–H groups in total. The number of amides is 1. The molecule has 1 aromatic heterocycles. The maximum absolute atomic E-state index is 11.9. The van der Waals surface area contributed by atoms with Gasteiger partial charge in [0.2, 0.25) is 6.54 Å². The first kappa shape index (κ1) is 14.8. The topological polar surface area (TPSA) is 33.0 Å². The van der Waals surface area contributed by atoms with Gasteiger partial charge in [0.25, 0.3) is 5.91 Å². The van der Waals surface area contributed by atoms with Crippen LogP contribution in [0.5, 0.6) is 0 Å². The van der Waals surface area contributed by atoms with Crippen molar-refractivity contribution in [3.63, 3.8) is 0 Å². The Morgan fingerprint density at radius 2 is 1.75 bits per heavy atom. The highest BCUT2D eigenvalue weighted by Crippen LogP contribution is 2.22. The first-order chi connectivity index (χ1) is 9.56. The lowest BCUT2D eigenvalue weighted by molar-refractivity contribution is -0.684. The number of benzene rings is 1. The van der Waals surface area contributed by atoms with Gasteiger partial charge in [-0.25, -0.2) is 0 Å². The number of aromatic nitrogens is 1. The number of aryl methyl sites for hydroxylation is 1. The highest BCUT2D eigenvalue weighted by atomic mass is 35.5. The number of hydrogen-bond donors (Lipinski definition) is 1. The zero-order valence-corrected chi connectivity index (χ0v) is 12.6. The van der Waals surface area contributed by atoms with Gasteiger partial charge < -0.3 is 5.32 Å². The van der Waals surface area contributed by atoms with E-state index in [0.717, 1.165) is 6.42 Å². The molecule has 0 atom stereocenters. The van der Waals surface area contributed by atoms with Crippen LogP contribution in [0.15, 0.2) is 42.7 Å². The number of nitrogens with zero attached hydrogens (tertiary/aromatic N) is 1. The first-order valence-electron chi connectivity index (χ1n) is 6.30. The molecule has 0 radical (unpaired) electrons. The van der Waals surface area contributed by atoms with Gasteiger partial charge in [0.1, 0.15) is 0 Å². The molecule has 3 nitrogen and oxygen atoms in total. The zero-order valence-electron chi connectivity index (χ0n) is 11.1. The van der Waals surface area contributed by atoms with Crippen LogP contribution in [0.3, 0.4) is 0 Å². The summed E-state index contributed by atoms with van der Waals surface area (Å²) in [4.78, 5) is 11.9. The van der Waals surface area contributed by atoms with Gasteiger partial charge in [0, 0.05) is 27.9 Å². The molecule has 0 spiro atoms. The SMILES string of the molecule is CCc1cc[n+](CC(=O)Nc2cc(Cl)cc(Cl)c2)cc1. The number of nitrogens with one attached hydrogen (secondary N) is 1. The highest BCUT2D eigenvalue weighted by Gasteiger charge is 2.10. The monoisotopic (exact) mass is 309 g/mol. The summed E-state index contributed by atoms with van der Waals surface area (Å²) in [6, 6.07) is 8.95. The number of pyridine rings is 1. The summed E-state index contributed by atoms with van der Waals surface area (Å²) in [5, 5.41) is 3.76. The minimum atomic E-state index is -0.127. The summed E-state index contributed by atoms with van der Waals surface area (Å²) in [5.74, 6) is -0.127. The van der Waals surface area contributed by atoms with Crippen LogP contribution in [0.2, 0.25) is 10.0 Å². The lowest BCUT2D eigenvalue weighted by Gasteiger charge is -2.04.